The van der Waals surface area contributed by atoms with Crippen molar-refractivity contribution in [2.24, 2.45) is 5.41 Å². The number of rotatable bonds is 6. The van der Waals surface area contributed by atoms with Crippen LogP contribution in [0.1, 0.15) is 25.8 Å². The molecule has 0 aromatic heterocycles. The van der Waals surface area contributed by atoms with Crippen LogP contribution in [0.2, 0.25) is 0 Å². The van der Waals surface area contributed by atoms with Gasteiger partial charge in [-0.3, -0.25) is 9.00 Å². The maximum absolute atomic E-state index is 12.3. The number of hydrogen-bond donors (Lipinski definition) is 1. The smallest absolute Gasteiger partial charge is 0.228 e. The van der Waals surface area contributed by atoms with Crippen molar-refractivity contribution in [3.63, 3.8) is 0 Å². The molecule has 21 heavy (non-hydrogen) atoms. The zero-order chi connectivity index (χ0) is 15.3. The standard InChI is InChI=1S/C16H23NO3S/c1-16(2,12-20-10-13-6-4-3-5-7-13)15(18)17-14-8-9-21(19)11-14/h3-7,14H,8-12H2,1-2H3,(H,17,18)/t14-,21-/m1/s1. The van der Waals surface area contributed by atoms with E-state index in [0.717, 1.165) is 12.0 Å². The molecule has 1 aliphatic rings. The first kappa shape index (κ1) is 16.2. The van der Waals surface area contributed by atoms with Crippen LogP contribution in [0.5, 0.6) is 0 Å². The molecule has 2 atom stereocenters. The van der Waals surface area contributed by atoms with Gasteiger partial charge in [0, 0.05) is 28.3 Å². The van der Waals surface area contributed by atoms with Gasteiger partial charge in [-0.25, -0.2) is 0 Å². The van der Waals surface area contributed by atoms with Gasteiger partial charge in [0.1, 0.15) is 0 Å². The maximum Gasteiger partial charge on any atom is 0.228 e. The van der Waals surface area contributed by atoms with E-state index in [-0.39, 0.29) is 11.9 Å². The van der Waals surface area contributed by atoms with Crippen LogP contribution in [-0.4, -0.2) is 34.3 Å². The first-order chi connectivity index (χ1) is 9.97. The number of benzene rings is 1. The lowest BCUT2D eigenvalue weighted by Gasteiger charge is -2.25. The van der Waals surface area contributed by atoms with Crippen molar-refractivity contribution >= 4 is 16.7 Å². The van der Waals surface area contributed by atoms with E-state index in [1.54, 1.807) is 0 Å². The molecule has 0 aliphatic carbocycles. The SMILES string of the molecule is CC(C)(COCc1ccccc1)C(=O)N[C@@H]1CC[S@@](=O)C1. The fourth-order valence-electron chi connectivity index (χ4n) is 2.22. The van der Waals surface area contributed by atoms with Crippen LogP contribution in [0.4, 0.5) is 0 Å². The van der Waals surface area contributed by atoms with Crippen molar-refractivity contribution in [3.8, 4) is 0 Å². The topological polar surface area (TPSA) is 55.4 Å². The van der Waals surface area contributed by atoms with E-state index < -0.39 is 16.2 Å². The summed E-state index contributed by atoms with van der Waals surface area (Å²) in [4.78, 5) is 12.3. The second-order valence-corrected chi connectivity index (χ2v) is 7.75. The molecule has 1 amide bonds. The van der Waals surface area contributed by atoms with E-state index in [1.165, 1.54) is 0 Å². The van der Waals surface area contributed by atoms with Crippen molar-refractivity contribution < 1.29 is 13.7 Å². The predicted molar refractivity (Wildman–Crippen MR) is 84.3 cm³/mol. The Morgan fingerprint density at radius 3 is 2.71 bits per heavy atom. The fourth-order valence-corrected chi connectivity index (χ4v) is 3.64. The number of amides is 1. The molecule has 1 aromatic rings. The molecule has 0 radical (unpaired) electrons. The van der Waals surface area contributed by atoms with E-state index in [9.17, 15) is 9.00 Å². The number of carbonyl (C=O) groups is 1. The van der Waals surface area contributed by atoms with Crippen molar-refractivity contribution in [3.05, 3.63) is 35.9 Å². The van der Waals surface area contributed by atoms with Gasteiger partial charge in [0.2, 0.25) is 5.91 Å². The molecule has 1 aliphatic heterocycles. The average Bonchev–Trinajstić information content (AvgIpc) is 2.85. The molecular weight excluding hydrogens is 286 g/mol. The average molecular weight is 309 g/mol. The van der Waals surface area contributed by atoms with Gasteiger partial charge < -0.3 is 10.1 Å². The predicted octanol–water partition coefficient (Wildman–Crippen LogP) is 1.87. The van der Waals surface area contributed by atoms with E-state index in [4.69, 9.17) is 4.74 Å². The Morgan fingerprint density at radius 1 is 1.38 bits per heavy atom. The fraction of sp³-hybridized carbons (Fsp3) is 0.562. The normalized spacial score (nSPS) is 22.2. The molecule has 1 N–H and O–H groups in total. The molecule has 1 aromatic carbocycles. The van der Waals surface area contributed by atoms with E-state index >= 15 is 0 Å². The summed E-state index contributed by atoms with van der Waals surface area (Å²) in [7, 11) is -0.772. The summed E-state index contributed by atoms with van der Waals surface area (Å²) in [5, 5.41) is 2.99. The molecule has 2 rings (SSSR count). The summed E-state index contributed by atoms with van der Waals surface area (Å²) in [6.45, 7) is 4.62. The van der Waals surface area contributed by atoms with Gasteiger partial charge in [0.15, 0.2) is 0 Å². The molecule has 1 saturated heterocycles. The molecular formula is C16H23NO3S. The van der Waals surface area contributed by atoms with E-state index in [2.05, 4.69) is 5.32 Å². The van der Waals surface area contributed by atoms with Crippen molar-refractivity contribution in [2.45, 2.75) is 32.9 Å². The minimum atomic E-state index is -0.772. The summed E-state index contributed by atoms with van der Waals surface area (Å²) in [6, 6.07) is 9.95. The Labute approximate surface area is 128 Å². The monoisotopic (exact) mass is 309 g/mol. The van der Waals surface area contributed by atoms with Crippen LogP contribution in [0.3, 0.4) is 0 Å². The number of ether oxygens (including phenoxy) is 1. The van der Waals surface area contributed by atoms with E-state index in [0.29, 0.717) is 24.7 Å². The van der Waals surface area contributed by atoms with Gasteiger partial charge in [-0.1, -0.05) is 30.3 Å². The lowest BCUT2D eigenvalue weighted by Crippen LogP contribution is -2.45. The molecule has 116 valence electrons. The van der Waals surface area contributed by atoms with Gasteiger partial charge >= 0.3 is 0 Å². The first-order valence-electron chi connectivity index (χ1n) is 7.25. The highest BCUT2D eigenvalue weighted by molar-refractivity contribution is 7.85. The largest absolute Gasteiger partial charge is 0.376 e. The Bertz CT molecular complexity index is 502. The third kappa shape index (κ3) is 4.93. The van der Waals surface area contributed by atoms with Gasteiger partial charge in [0.25, 0.3) is 0 Å². The highest BCUT2D eigenvalue weighted by Gasteiger charge is 2.31. The summed E-state index contributed by atoms with van der Waals surface area (Å²) in [5.74, 6) is 1.24. The highest BCUT2D eigenvalue weighted by atomic mass is 32.2. The van der Waals surface area contributed by atoms with Crippen LogP contribution < -0.4 is 5.32 Å². The minimum absolute atomic E-state index is 0.0283. The zero-order valence-electron chi connectivity index (χ0n) is 12.6. The molecule has 0 spiro atoms. The molecule has 4 nitrogen and oxygen atoms in total. The maximum atomic E-state index is 12.3. The Hall–Kier alpha value is -1.20. The van der Waals surface area contributed by atoms with Gasteiger partial charge in [-0.2, -0.15) is 0 Å². The third-order valence-electron chi connectivity index (χ3n) is 3.61. The van der Waals surface area contributed by atoms with Crippen LogP contribution >= 0.6 is 0 Å². The lowest BCUT2D eigenvalue weighted by atomic mass is 9.93. The first-order valence-corrected chi connectivity index (χ1v) is 8.74. The molecule has 1 heterocycles. The molecule has 1 fully saturated rings. The summed E-state index contributed by atoms with van der Waals surface area (Å²) in [5.41, 5.74) is 0.513. The molecule has 5 heteroatoms. The number of hydrogen-bond acceptors (Lipinski definition) is 3. The van der Waals surface area contributed by atoms with Gasteiger partial charge in [0.05, 0.1) is 18.6 Å². The van der Waals surface area contributed by atoms with Crippen molar-refractivity contribution in [1.29, 1.82) is 0 Å². The minimum Gasteiger partial charge on any atom is -0.376 e. The van der Waals surface area contributed by atoms with Gasteiger partial charge in [-0.05, 0) is 25.8 Å². The Morgan fingerprint density at radius 2 is 2.10 bits per heavy atom. The second kappa shape index (κ2) is 7.18. The molecule has 0 unspecified atom stereocenters. The third-order valence-corrected chi connectivity index (χ3v) is 5.07. The molecule has 0 bridgehead atoms. The Balaban J connectivity index is 1.77. The summed E-state index contributed by atoms with van der Waals surface area (Å²) < 4.78 is 17.0. The summed E-state index contributed by atoms with van der Waals surface area (Å²) >= 11 is 0. The number of nitrogens with one attached hydrogen (secondary N) is 1. The second-order valence-electron chi connectivity index (χ2n) is 6.13. The van der Waals surface area contributed by atoms with Crippen LogP contribution in [0, 0.1) is 5.41 Å². The van der Waals surface area contributed by atoms with Gasteiger partial charge in [-0.15, -0.1) is 0 Å². The zero-order valence-corrected chi connectivity index (χ0v) is 13.4. The number of carbonyl (C=O) groups excluding carboxylic acids is 1. The lowest BCUT2D eigenvalue weighted by molar-refractivity contribution is -0.133. The summed E-state index contributed by atoms with van der Waals surface area (Å²) in [6.07, 6.45) is 0.805. The van der Waals surface area contributed by atoms with Crippen LogP contribution in [0.15, 0.2) is 30.3 Å². The Kier molecular flexibility index (Phi) is 5.53. The van der Waals surface area contributed by atoms with Crippen molar-refractivity contribution in [1.82, 2.24) is 5.32 Å². The van der Waals surface area contributed by atoms with Crippen LogP contribution in [-0.2, 0) is 26.9 Å². The highest BCUT2D eigenvalue weighted by Crippen LogP contribution is 2.18. The molecule has 0 saturated carbocycles. The van der Waals surface area contributed by atoms with E-state index in [1.807, 2.05) is 44.2 Å². The quantitative estimate of drug-likeness (QED) is 0.873. The van der Waals surface area contributed by atoms with Crippen molar-refractivity contribution in [2.75, 3.05) is 18.1 Å². The van der Waals surface area contributed by atoms with Crippen LogP contribution in [0.25, 0.3) is 0 Å².